The van der Waals surface area contributed by atoms with Crippen molar-refractivity contribution in [3.05, 3.63) is 29.8 Å². The molecule has 4 nitrogen and oxygen atoms in total. The Hall–Kier alpha value is -1.07. The standard InChI is InChI=1S/C9H12O4S/c1-7(2)8-3-5-9(6-4-8)13-14(10,11)12/h3-7H,1-2H3,(H,10,11,12). The molecular formula is C9H12O4S. The van der Waals surface area contributed by atoms with Gasteiger partial charge in [0.2, 0.25) is 0 Å². The van der Waals surface area contributed by atoms with Crippen LogP contribution in [-0.2, 0) is 10.4 Å². The maximum atomic E-state index is 10.4. The van der Waals surface area contributed by atoms with Crippen LogP contribution in [0.5, 0.6) is 5.75 Å². The maximum Gasteiger partial charge on any atom is 0.446 e. The Labute approximate surface area is 83.5 Å². The average Bonchev–Trinajstić information content (AvgIpc) is 2.02. The van der Waals surface area contributed by atoms with Crippen molar-refractivity contribution in [2.75, 3.05) is 0 Å². The summed E-state index contributed by atoms with van der Waals surface area (Å²) in [7, 11) is -4.41. The third kappa shape index (κ3) is 3.35. The SMILES string of the molecule is CC(C)c1ccc(OS(=O)(=O)O)cc1. The van der Waals surface area contributed by atoms with E-state index in [1.807, 2.05) is 13.8 Å². The molecule has 0 aliphatic rings. The largest absolute Gasteiger partial charge is 0.446 e. The van der Waals surface area contributed by atoms with E-state index in [-0.39, 0.29) is 5.75 Å². The third-order valence-corrected chi connectivity index (χ3v) is 2.15. The molecule has 0 spiro atoms. The molecule has 0 heterocycles. The summed E-state index contributed by atoms with van der Waals surface area (Å²) >= 11 is 0. The van der Waals surface area contributed by atoms with Crippen molar-refractivity contribution in [1.29, 1.82) is 0 Å². The summed E-state index contributed by atoms with van der Waals surface area (Å²) < 4.78 is 33.4. The van der Waals surface area contributed by atoms with Gasteiger partial charge in [-0.15, -0.1) is 0 Å². The normalized spacial score (nSPS) is 11.7. The molecule has 0 amide bonds. The first-order chi connectivity index (χ1) is 6.38. The number of benzene rings is 1. The van der Waals surface area contributed by atoms with Crippen LogP contribution in [0.4, 0.5) is 0 Å². The predicted molar refractivity (Wildman–Crippen MR) is 52.7 cm³/mol. The fraction of sp³-hybridized carbons (Fsp3) is 0.333. The summed E-state index contributed by atoms with van der Waals surface area (Å²) in [5.74, 6) is 0.478. The summed E-state index contributed by atoms with van der Waals surface area (Å²) in [5.41, 5.74) is 1.08. The molecule has 0 atom stereocenters. The van der Waals surface area contributed by atoms with Gasteiger partial charge in [-0.05, 0) is 23.6 Å². The third-order valence-electron chi connectivity index (χ3n) is 1.75. The Morgan fingerprint density at radius 2 is 1.71 bits per heavy atom. The summed E-state index contributed by atoms with van der Waals surface area (Å²) in [5, 5.41) is 0. The van der Waals surface area contributed by atoms with Crippen LogP contribution in [-0.4, -0.2) is 13.0 Å². The molecule has 0 bridgehead atoms. The molecule has 0 aromatic heterocycles. The van der Waals surface area contributed by atoms with E-state index < -0.39 is 10.4 Å². The first-order valence-corrected chi connectivity index (χ1v) is 5.52. The van der Waals surface area contributed by atoms with Gasteiger partial charge in [0.15, 0.2) is 0 Å². The highest BCUT2D eigenvalue weighted by Crippen LogP contribution is 2.19. The quantitative estimate of drug-likeness (QED) is 0.785. The Kier molecular flexibility index (Phi) is 3.13. The van der Waals surface area contributed by atoms with Crippen molar-refractivity contribution >= 4 is 10.4 Å². The van der Waals surface area contributed by atoms with Gasteiger partial charge in [-0.3, -0.25) is 4.55 Å². The van der Waals surface area contributed by atoms with Crippen LogP contribution < -0.4 is 4.18 Å². The smallest absolute Gasteiger partial charge is 0.362 e. The molecule has 0 unspecified atom stereocenters. The fourth-order valence-electron chi connectivity index (χ4n) is 1.03. The zero-order valence-corrected chi connectivity index (χ0v) is 8.78. The topological polar surface area (TPSA) is 63.6 Å². The lowest BCUT2D eigenvalue weighted by Gasteiger charge is -2.06. The zero-order chi connectivity index (χ0) is 10.8. The van der Waals surface area contributed by atoms with Gasteiger partial charge in [0.25, 0.3) is 0 Å². The Bertz CT molecular complexity index is 391. The van der Waals surface area contributed by atoms with E-state index in [0.717, 1.165) is 5.56 Å². The van der Waals surface area contributed by atoms with Gasteiger partial charge in [-0.2, -0.15) is 8.42 Å². The van der Waals surface area contributed by atoms with Crippen molar-refractivity contribution < 1.29 is 17.2 Å². The molecule has 5 heteroatoms. The van der Waals surface area contributed by atoms with Crippen LogP contribution in [0.1, 0.15) is 25.3 Å². The second-order valence-electron chi connectivity index (χ2n) is 3.23. The number of hydrogen-bond donors (Lipinski definition) is 1. The minimum atomic E-state index is -4.41. The zero-order valence-electron chi connectivity index (χ0n) is 7.97. The predicted octanol–water partition coefficient (Wildman–Crippen LogP) is 1.99. The average molecular weight is 216 g/mol. The van der Waals surface area contributed by atoms with Crippen LogP contribution in [0, 0.1) is 0 Å². The van der Waals surface area contributed by atoms with E-state index in [1.54, 1.807) is 12.1 Å². The molecule has 0 fully saturated rings. The summed E-state index contributed by atoms with van der Waals surface area (Å²) in [6, 6.07) is 6.52. The highest BCUT2D eigenvalue weighted by molar-refractivity contribution is 7.81. The molecule has 1 aromatic rings. The highest BCUT2D eigenvalue weighted by Gasteiger charge is 2.06. The van der Waals surface area contributed by atoms with E-state index in [2.05, 4.69) is 4.18 Å². The van der Waals surface area contributed by atoms with Gasteiger partial charge in [0.1, 0.15) is 5.75 Å². The maximum absolute atomic E-state index is 10.4. The molecule has 14 heavy (non-hydrogen) atoms. The molecule has 0 saturated heterocycles. The molecule has 78 valence electrons. The van der Waals surface area contributed by atoms with Gasteiger partial charge < -0.3 is 4.18 Å². The first kappa shape index (κ1) is 11.0. The van der Waals surface area contributed by atoms with E-state index in [0.29, 0.717) is 5.92 Å². The lowest BCUT2D eigenvalue weighted by atomic mass is 10.0. The van der Waals surface area contributed by atoms with Gasteiger partial charge in [0, 0.05) is 0 Å². The van der Waals surface area contributed by atoms with Crippen molar-refractivity contribution in [2.24, 2.45) is 0 Å². The molecule has 0 radical (unpaired) electrons. The van der Waals surface area contributed by atoms with E-state index in [9.17, 15) is 8.42 Å². The molecule has 1 aromatic carbocycles. The van der Waals surface area contributed by atoms with Crippen LogP contribution in [0.15, 0.2) is 24.3 Å². The number of hydrogen-bond acceptors (Lipinski definition) is 3. The fourth-order valence-corrected chi connectivity index (χ4v) is 1.38. The molecule has 1 N–H and O–H groups in total. The second kappa shape index (κ2) is 3.98. The highest BCUT2D eigenvalue weighted by atomic mass is 32.3. The van der Waals surface area contributed by atoms with Crippen molar-refractivity contribution in [3.63, 3.8) is 0 Å². The van der Waals surface area contributed by atoms with Crippen molar-refractivity contribution in [3.8, 4) is 5.75 Å². The summed E-state index contributed by atoms with van der Waals surface area (Å²) in [6.07, 6.45) is 0. The van der Waals surface area contributed by atoms with Gasteiger partial charge in [0.05, 0.1) is 0 Å². The minimum Gasteiger partial charge on any atom is -0.362 e. The van der Waals surface area contributed by atoms with Gasteiger partial charge in [-0.1, -0.05) is 26.0 Å². The Morgan fingerprint density at radius 1 is 1.21 bits per heavy atom. The first-order valence-electron chi connectivity index (χ1n) is 4.15. The van der Waals surface area contributed by atoms with Crippen molar-refractivity contribution in [1.82, 2.24) is 0 Å². The second-order valence-corrected chi connectivity index (χ2v) is 4.26. The molecular weight excluding hydrogens is 204 g/mol. The van der Waals surface area contributed by atoms with Crippen LogP contribution in [0.2, 0.25) is 0 Å². The Balaban J connectivity index is 2.84. The van der Waals surface area contributed by atoms with Gasteiger partial charge in [-0.25, -0.2) is 0 Å². The van der Waals surface area contributed by atoms with E-state index in [4.69, 9.17) is 4.55 Å². The lowest BCUT2D eigenvalue weighted by molar-refractivity contribution is 0.387. The van der Waals surface area contributed by atoms with Crippen LogP contribution in [0.3, 0.4) is 0 Å². The lowest BCUT2D eigenvalue weighted by Crippen LogP contribution is -2.06. The summed E-state index contributed by atoms with van der Waals surface area (Å²) in [4.78, 5) is 0. The molecule has 0 aliphatic carbocycles. The van der Waals surface area contributed by atoms with Crippen LogP contribution in [0.25, 0.3) is 0 Å². The summed E-state index contributed by atoms with van der Waals surface area (Å²) in [6.45, 7) is 4.05. The van der Waals surface area contributed by atoms with Gasteiger partial charge >= 0.3 is 10.4 Å². The number of rotatable bonds is 3. The van der Waals surface area contributed by atoms with Crippen molar-refractivity contribution in [2.45, 2.75) is 19.8 Å². The van der Waals surface area contributed by atoms with E-state index >= 15 is 0 Å². The molecule has 0 saturated carbocycles. The van der Waals surface area contributed by atoms with Crippen LogP contribution >= 0.6 is 0 Å². The van der Waals surface area contributed by atoms with E-state index in [1.165, 1.54) is 12.1 Å². The monoisotopic (exact) mass is 216 g/mol. The Morgan fingerprint density at radius 3 is 2.07 bits per heavy atom. The molecule has 0 aliphatic heterocycles. The molecule has 1 rings (SSSR count). The minimum absolute atomic E-state index is 0.108.